The zero-order valence-corrected chi connectivity index (χ0v) is 8.78. The highest BCUT2D eigenvalue weighted by Gasteiger charge is 2.16. The van der Waals surface area contributed by atoms with Gasteiger partial charge in [0.25, 0.3) is 0 Å². The monoisotopic (exact) mass is 230 g/mol. The highest BCUT2D eigenvalue weighted by Crippen LogP contribution is 2.10. The van der Waals surface area contributed by atoms with Gasteiger partial charge in [0.05, 0.1) is 0 Å². The minimum absolute atomic E-state index is 0.152. The normalized spacial score (nSPS) is 11.0. The number of aryl methyl sites for hydroxylation is 1. The highest BCUT2D eigenvalue weighted by atomic mass is 32.2. The first kappa shape index (κ1) is 11.4. The Kier molecular flexibility index (Phi) is 3.25. The molecule has 82 valence electrons. The lowest BCUT2D eigenvalue weighted by molar-refractivity contribution is -0.134. The quantitative estimate of drug-likeness (QED) is 0.771. The van der Waals surface area contributed by atoms with E-state index in [0.717, 1.165) is 0 Å². The Labute approximate surface area is 87.0 Å². The number of rotatable bonds is 4. The summed E-state index contributed by atoms with van der Waals surface area (Å²) in [7, 11) is -3.87. The topological polar surface area (TPSA) is 96.4 Å². The van der Waals surface area contributed by atoms with Gasteiger partial charge in [0.2, 0.25) is 10.0 Å². The van der Waals surface area contributed by atoms with Crippen LogP contribution in [0.5, 0.6) is 0 Å². The van der Waals surface area contributed by atoms with Gasteiger partial charge in [0.1, 0.15) is 5.82 Å². The third-order valence-corrected chi connectivity index (χ3v) is 2.71. The smallest absolute Gasteiger partial charge is 0.320 e. The number of aliphatic carboxylic acids is 1. The SMILES string of the molecule is Cc1cccnc1NS(=O)(=O)CC(=O)O. The zero-order valence-electron chi connectivity index (χ0n) is 7.97. The van der Waals surface area contributed by atoms with E-state index < -0.39 is 21.7 Å². The summed E-state index contributed by atoms with van der Waals surface area (Å²) in [4.78, 5) is 14.0. The molecule has 1 rings (SSSR count). The van der Waals surface area contributed by atoms with Crippen LogP contribution in [-0.4, -0.2) is 30.2 Å². The van der Waals surface area contributed by atoms with Gasteiger partial charge < -0.3 is 5.11 Å². The summed E-state index contributed by atoms with van der Waals surface area (Å²) in [5, 5.41) is 8.36. The van der Waals surface area contributed by atoms with Gasteiger partial charge in [0.15, 0.2) is 5.75 Å². The number of carboxylic acids is 1. The Balaban J connectivity index is 2.87. The molecule has 2 N–H and O–H groups in total. The Hall–Kier alpha value is -1.63. The van der Waals surface area contributed by atoms with E-state index in [9.17, 15) is 13.2 Å². The molecule has 15 heavy (non-hydrogen) atoms. The number of sulfonamides is 1. The lowest BCUT2D eigenvalue weighted by atomic mass is 10.3. The van der Waals surface area contributed by atoms with Gasteiger partial charge in [-0.05, 0) is 18.6 Å². The number of nitrogens with one attached hydrogen (secondary N) is 1. The van der Waals surface area contributed by atoms with Gasteiger partial charge in [-0.15, -0.1) is 0 Å². The maximum Gasteiger partial charge on any atom is 0.320 e. The van der Waals surface area contributed by atoms with Crippen LogP contribution in [0.4, 0.5) is 5.82 Å². The largest absolute Gasteiger partial charge is 0.480 e. The van der Waals surface area contributed by atoms with E-state index in [4.69, 9.17) is 5.11 Å². The predicted molar refractivity (Wildman–Crippen MR) is 54.0 cm³/mol. The average Bonchev–Trinajstić information content (AvgIpc) is 2.06. The van der Waals surface area contributed by atoms with E-state index in [-0.39, 0.29) is 5.82 Å². The van der Waals surface area contributed by atoms with Gasteiger partial charge >= 0.3 is 5.97 Å². The van der Waals surface area contributed by atoms with Gasteiger partial charge in [-0.25, -0.2) is 13.4 Å². The van der Waals surface area contributed by atoms with Crippen LogP contribution in [0.1, 0.15) is 5.56 Å². The number of carboxylic acid groups (broad SMARTS) is 1. The predicted octanol–water partition coefficient (Wildman–Crippen LogP) is 0.216. The number of pyridine rings is 1. The molecule has 1 heterocycles. The van der Waals surface area contributed by atoms with Crippen LogP contribution in [0, 0.1) is 6.92 Å². The van der Waals surface area contributed by atoms with Crippen molar-refractivity contribution in [2.75, 3.05) is 10.5 Å². The zero-order chi connectivity index (χ0) is 11.5. The Bertz CT molecular complexity index is 469. The first-order valence-corrected chi connectivity index (χ1v) is 5.70. The van der Waals surface area contributed by atoms with Crippen LogP contribution in [0.25, 0.3) is 0 Å². The molecule has 0 radical (unpaired) electrons. The fourth-order valence-electron chi connectivity index (χ4n) is 0.938. The molecule has 0 bridgehead atoms. The summed E-state index contributed by atoms with van der Waals surface area (Å²) in [5.41, 5.74) is 0.631. The van der Waals surface area contributed by atoms with Gasteiger partial charge in [-0.3, -0.25) is 9.52 Å². The minimum atomic E-state index is -3.87. The van der Waals surface area contributed by atoms with Crippen LogP contribution < -0.4 is 4.72 Å². The van der Waals surface area contributed by atoms with E-state index in [2.05, 4.69) is 9.71 Å². The second-order valence-corrected chi connectivity index (χ2v) is 4.65. The van der Waals surface area contributed by atoms with Crippen LogP contribution >= 0.6 is 0 Å². The number of nitrogens with zero attached hydrogens (tertiary/aromatic N) is 1. The molecular formula is C8H10N2O4S. The van der Waals surface area contributed by atoms with Gasteiger partial charge in [-0.2, -0.15) is 0 Å². The van der Waals surface area contributed by atoms with Crippen molar-refractivity contribution in [3.8, 4) is 0 Å². The molecule has 0 amide bonds. The van der Waals surface area contributed by atoms with Crippen LogP contribution in [0.15, 0.2) is 18.3 Å². The van der Waals surface area contributed by atoms with Crippen molar-refractivity contribution in [1.29, 1.82) is 0 Å². The van der Waals surface area contributed by atoms with Gasteiger partial charge in [-0.1, -0.05) is 6.07 Å². The molecule has 1 aromatic heterocycles. The Morgan fingerprint density at radius 2 is 2.27 bits per heavy atom. The van der Waals surface area contributed by atoms with Crippen molar-refractivity contribution in [1.82, 2.24) is 4.98 Å². The molecule has 0 spiro atoms. The number of carbonyl (C=O) groups is 1. The summed E-state index contributed by atoms with van der Waals surface area (Å²) in [5.74, 6) is -2.22. The Morgan fingerprint density at radius 1 is 1.60 bits per heavy atom. The van der Waals surface area contributed by atoms with E-state index in [1.165, 1.54) is 6.20 Å². The minimum Gasteiger partial charge on any atom is -0.480 e. The lowest BCUT2D eigenvalue weighted by Gasteiger charge is -2.06. The molecule has 0 saturated carbocycles. The second kappa shape index (κ2) is 4.26. The maximum absolute atomic E-state index is 11.2. The molecule has 0 aliphatic rings. The standard InChI is InChI=1S/C8H10N2O4S/c1-6-3-2-4-9-8(6)10-15(13,14)5-7(11)12/h2-4H,5H2,1H3,(H,9,10)(H,11,12). The molecule has 0 aliphatic carbocycles. The first-order chi connectivity index (χ1) is 6.91. The third kappa shape index (κ3) is 3.55. The average molecular weight is 230 g/mol. The molecule has 1 aromatic rings. The van der Waals surface area contributed by atoms with Crippen molar-refractivity contribution < 1.29 is 18.3 Å². The van der Waals surface area contributed by atoms with Crippen LogP contribution in [-0.2, 0) is 14.8 Å². The van der Waals surface area contributed by atoms with E-state index in [1.54, 1.807) is 19.1 Å². The van der Waals surface area contributed by atoms with Crippen molar-refractivity contribution in [3.63, 3.8) is 0 Å². The van der Waals surface area contributed by atoms with Crippen molar-refractivity contribution in [2.24, 2.45) is 0 Å². The van der Waals surface area contributed by atoms with E-state index in [1.807, 2.05) is 0 Å². The molecule has 0 fully saturated rings. The molecule has 7 heteroatoms. The maximum atomic E-state index is 11.2. The van der Waals surface area contributed by atoms with Crippen molar-refractivity contribution >= 4 is 21.8 Å². The van der Waals surface area contributed by atoms with E-state index in [0.29, 0.717) is 5.56 Å². The third-order valence-electron chi connectivity index (χ3n) is 1.58. The summed E-state index contributed by atoms with van der Waals surface area (Å²) < 4.78 is 24.6. The first-order valence-electron chi connectivity index (χ1n) is 4.04. The highest BCUT2D eigenvalue weighted by molar-refractivity contribution is 7.93. The van der Waals surface area contributed by atoms with Crippen molar-refractivity contribution in [2.45, 2.75) is 6.92 Å². The van der Waals surface area contributed by atoms with E-state index >= 15 is 0 Å². The number of anilines is 1. The second-order valence-electron chi connectivity index (χ2n) is 2.92. The van der Waals surface area contributed by atoms with Crippen LogP contribution in [0.3, 0.4) is 0 Å². The molecular weight excluding hydrogens is 220 g/mol. The fraction of sp³-hybridized carbons (Fsp3) is 0.250. The number of hydrogen-bond acceptors (Lipinski definition) is 4. The fourth-order valence-corrected chi connectivity index (χ4v) is 1.84. The molecule has 0 atom stereocenters. The molecule has 0 unspecified atom stereocenters. The van der Waals surface area contributed by atoms with Crippen LogP contribution in [0.2, 0.25) is 0 Å². The lowest BCUT2D eigenvalue weighted by Crippen LogP contribution is -2.23. The molecule has 6 nitrogen and oxygen atoms in total. The van der Waals surface area contributed by atoms with Crippen molar-refractivity contribution in [3.05, 3.63) is 23.9 Å². The Morgan fingerprint density at radius 3 is 2.80 bits per heavy atom. The molecule has 0 aromatic carbocycles. The number of aromatic nitrogens is 1. The molecule has 0 saturated heterocycles. The summed E-state index contributed by atoms with van der Waals surface area (Å²) in [6.07, 6.45) is 1.42. The number of hydrogen-bond donors (Lipinski definition) is 2. The summed E-state index contributed by atoms with van der Waals surface area (Å²) >= 11 is 0. The summed E-state index contributed by atoms with van der Waals surface area (Å²) in [6, 6.07) is 3.33. The summed E-state index contributed by atoms with van der Waals surface area (Å²) in [6.45, 7) is 1.67. The molecule has 0 aliphatic heterocycles. The van der Waals surface area contributed by atoms with Gasteiger partial charge in [0, 0.05) is 6.20 Å².